The highest BCUT2D eigenvalue weighted by atomic mass is 16.5. The minimum atomic E-state index is -0.942. The Morgan fingerprint density at radius 1 is 1.19 bits per heavy atom. The number of aliphatic hydroxyl groups is 2. The Morgan fingerprint density at radius 3 is 2.31 bits per heavy atom. The van der Waals surface area contributed by atoms with Gasteiger partial charge in [-0.3, -0.25) is 0 Å². The summed E-state index contributed by atoms with van der Waals surface area (Å²) in [5.41, 5.74) is -0.840. The minimum absolute atomic E-state index is 0.0137. The molecule has 1 aromatic carbocycles. The Kier molecular flexibility index (Phi) is 3.61. The fourth-order valence-corrected chi connectivity index (χ4v) is 1.13. The molecule has 90 valence electrons. The van der Waals surface area contributed by atoms with Gasteiger partial charge in [0.1, 0.15) is 11.4 Å². The largest absolute Gasteiger partial charge is 0.485 e. The third-order valence-corrected chi connectivity index (χ3v) is 2.93. The molecule has 0 unspecified atom stereocenters. The van der Waals surface area contributed by atoms with E-state index in [-0.39, 0.29) is 6.61 Å². The van der Waals surface area contributed by atoms with Crippen molar-refractivity contribution in [3.05, 3.63) is 29.8 Å². The average Bonchev–Trinajstić information content (AvgIpc) is 2.15. The van der Waals surface area contributed by atoms with Gasteiger partial charge < -0.3 is 14.9 Å². The lowest BCUT2D eigenvalue weighted by molar-refractivity contribution is -0.0907. The quantitative estimate of drug-likeness (QED) is 0.823. The molecule has 0 saturated carbocycles. The van der Waals surface area contributed by atoms with Crippen LogP contribution in [0.15, 0.2) is 24.3 Å². The maximum absolute atomic E-state index is 9.96. The Bertz CT molecular complexity index is 350. The van der Waals surface area contributed by atoms with Crippen LogP contribution >= 0.6 is 0 Å². The molecular formula is C13H20O3. The zero-order chi connectivity index (χ0) is 12.4. The van der Waals surface area contributed by atoms with Crippen molar-refractivity contribution in [3.63, 3.8) is 0 Å². The third kappa shape index (κ3) is 2.97. The van der Waals surface area contributed by atoms with Crippen LogP contribution in [0, 0.1) is 0 Å². The molecule has 1 rings (SSSR count). The predicted octanol–water partition coefficient (Wildman–Crippen LogP) is 2.11. The minimum Gasteiger partial charge on any atom is -0.485 e. The topological polar surface area (TPSA) is 49.7 Å². The fraction of sp³-hybridized carbons (Fsp3) is 0.538. The summed E-state index contributed by atoms with van der Waals surface area (Å²) in [4.78, 5) is 0. The normalized spacial score (nSPS) is 12.6. The summed E-state index contributed by atoms with van der Waals surface area (Å²) < 4.78 is 5.75. The molecule has 3 nitrogen and oxygen atoms in total. The van der Waals surface area contributed by atoms with Gasteiger partial charge in [-0.25, -0.2) is 0 Å². The molecular weight excluding hydrogens is 204 g/mol. The van der Waals surface area contributed by atoms with Crippen LogP contribution in [0.25, 0.3) is 0 Å². The number of hydrogen-bond acceptors (Lipinski definition) is 3. The van der Waals surface area contributed by atoms with Crippen molar-refractivity contribution in [3.8, 4) is 5.75 Å². The van der Waals surface area contributed by atoms with Crippen molar-refractivity contribution >= 4 is 0 Å². The van der Waals surface area contributed by atoms with E-state index < -0.39 is 11.2 Å². The molecule has 0 bridgehead atoms. The van der Waals surface area contributed by atoms with Gasteiger partial charge in [0, 0.05) is 0 Å². The van der Waals surface area contributed by atoms with E-state index in [1.54, 1.807) is 19.9 Å². The maximum Gasteiger partial charge on any atom is 0.131 e. The van der Waals surface area contributed by atoms with Gasteiger partial charge in [0.05, 0.1) is 12.2 Å². The first-order chi connectivity index (χ1) is 7.26. The molecule has 0 spiro atoms. The van der Waals surface area contributed by atoms with Crippen LogP contribution in [0.2, 0.25) is 0 Å². The monoisotopic (exact) mass is 224 g/mol. The van der Waals surface area contributed by atoms with E-state index in [0.717, 1.165) is 5.56 Å². The van der Waals surface area contributed by atoms with Gasteiger partial charge >= 0.3 is 0 Å². The molecule has 2 N–H and O–H groups in total. The lowest BCUT2D eigenvalue weighted by atomic mass is 9.89. The lowest BCUT2D eigenvalue weighted by Crippen LogP contribution is -2.49. The molecule has 0 aliphatic rings. The summed E-state index contributed by atoms with van der Waals surface area (Å²) in [5.74, 6) is 0.652. The molecule has 0 radical (unpaired) electrons. The summed E-state index contributed by atoms with van der Waals surface area (Å²) >= 11 is 0. The predicted molar refractivity (Wildman–Crippen MR) is 63.4 cm³/mol. The smallest absolute Gasteiger partial charge is 0.131 e. The molecule has 0 fully saturated rings. The van der Waals surface area contributed by atoms with Crippen molar-refractivity contribution in [1.29, 1.82) is 0 Å². The number of ether oxygens (including phenoxy) is 1. The van der Waals surface area contributed by atoms with Gasteiger partial charge in [0.25, 0.3) is 0 Å². The zero-order valence-electron chi connectivity index (χ0n) is 10.3. The second-order valence-electron chi connectivity index (χ2n) is 4.98. The zero-order valence-corrected chi connectivity index (χ0v) is 10.3. The summed E-state index contributed by atoms with van der Waals surface area (Å²) in [6, 6.07) is 7.23. The number of hydrogen-bond donors (Lipinski definition) is 2. The van der Waals surface area contributed by atoms with Gasteiger partial charge in [0.15, 0.2) is 0 Å². The fourth-order valence-electron chi connectivity index (χ4n) is 1.13. The van der Waals surface area contributed by atoms with Gasteiger partial charge in [-0.05, 0) is 45.4 Å². The van der Waals surface area contributed by atoms with Crippen LogP contribution in [0.3, 0.4) is 0 Å². The van der Waals surface area contributed by atoms with Gasteiger partial charge in [-0.2, -0.15) is 0 Å². The molecule has 16 heavy (non-hydrogen) atoms. The van der Waals surface area contributed by atoms with Crippen LogP contribution in [0.5, 0.6) is 5.75 Å². The van der Waals surface area contributed by atoms with E-state index >= 15 is 0 Å². The van der Waals surface area contributed by atoms with Gasteiger partial charge in [0.2, 0.25) is 0 Å². The van der Waals surface area contributed by atoms with E-state index in [4.69, 9.17) is 9.84 Å². The van der Waals surface area contributed by atoms with E-state index in [2.05, 4.69) is 0 Å². The summed E-state index contributed by atoms with van der Waals surface area (Å²) in [7, 11) is 0. The molecule has 1 aromatic rings. The van der Waals surface area contributed by atoms with Gasteiger partial charge in [-0.15, -0.1) is 0 Å². The van der Waals surface area contributed by atoms with Crippen molar-refractivity contribution in [1.82, 2.24) is 0 Å². The molecule has 0 amide bonds. The first-order valence-electron chi connectivity index (χ1n) is 5.37. The van der Waals surface area contributed by atoms with Crippen LogP contribution in [0.1, 0.15) is 33.3 Å². The Balaban J connectivity index is 2.88. The average molecular weight is 224 g/mol. The van der Waals surface area contributed by atoms with E-state index in [1.807, 2.05) is 32.0 Å². The molecule has 0 atom stereocenters. The van der Waals surface area contributed by atoms with Crippen LogP contribution in [0.4, 0.5) is 0 Å². The number of rotatable bonds is 4. The molecule has 0 aliphatic carbocycles. The standard InChI is InChI=1S/C13H20O3/c1-12(2,15)13(3,4)16-11-7-5-6-10(8-11)9-14/h5-8,14-15H,9H2,1-4H3. The van der Waals surface area contributed by atoms with Crippen molar-refractivity contribution in [2.24, 2.45) is 0 Å². The number of aliphatic hydroxyl groups excluding tert-OH is 1. The molecule has 0 heterocycles. The molecule has 0 saturated heterocycles. The lowest BCUT2D eigenvalue weighted by Gasteiger charge is -2.37. The summed E-state index contributed by atoms with van der Waals surface area (Å²) in [6.45, 7) is 7.07. The van der Waals surface area contributed by atoms with E-state index in [1.165, 1.54) is 0 Å². The highest BCUT2D eigenvalue weighted by Gasteiger charge is 2.37. The highest BCUT2D eigenvalue weighted by molar-refractivity contribution is 5.28. The van der Waals surface area contributed by atoms with Crippen LogP contribution in [-0.4, -0.2) is 21.4 Å². The van der Waals surface area contributed by atoms with Crippen molar-refractivity contribution in [2.45, 2.75) is 45.5 Å². The molecule has 0 aromatic heterocycles. The second-order valence-corrected chi connectivity index (χ2v) is 4.98. The Hall–Kier alpha value is -1.06. The first kappa shape index (κ1) is 13.0. The first-order valence-corrected chi connectivity index (χ1v) is 5.37. The Morgan fingerprint density at radius 2 is 1.81 bits per heavy atom. The van der Waals surface area contributed by atoms with Gasteiger partial charge in [-0.1, -0.05) is 12.1 Å². The third-order valence-electron chi connectivity index (χ3n) is 2.93. The maximum atomic E-state index is 9.96. The van der Waals surface area contributed by atoms with E-state index in [9.17, 15) is 5.11 Å². The molecule has 0 aliphatic heterocycles. The van der Waals surface area contributed by atoms with E-state index in [0.29, 0.717) is 5.75 Å². The van der Waals surface area contributed by atoms with Crippen LogP contribution in [-0.2, 0) is 6.61 Å². The summed E-state index contributed by atoms with van der Waals surface area (Å²) in [5, 5.41) is 19.0. The van der Waals surface area contributed by atoms with Crippen molar-refractivity contribution < 1.29 is 14.9 Å². The molecule has 3 heteroatoms. The summed E-state index contributed by atoms with van der Waals surface area (Å²) in [6.07, 6.45) is 0. The number of benzene rings is 1. The van der Waals surface area contributed by atoms with Crippen molar-refractivity contribution in [2.75, 3.05) is 0 Å². The highest BCUT2D eigenvalue weighted by Crippen LogP contribution is 2.28. The SMILES string of the molecule is CC(C)(O)C(C)(C)Oc1cccc(CO)c1. The Labute approximate surface area is 96.7 Å². The second kappa shape index (κ2) is 4.44. The van der Waals surface area contributed by atoms with Crippen LogP contribution < -0.4 is 4.74 Å².